The Balaban J connectivity index is 2.30. The summed E-state index contributed by atoms with van der Waals surface area (Å²) in [6, 6.07) is 9.62. The summed E-state index contributed by atoms with van der Waals surface area (Å²) in [6.07, 6.45) is 1.26. The lowest BCUT2D eigenvalue weighted by molar-refractivity contribution is 0.196. The van der Waals surface area contributed by atoms with Gasteiger partial charge in [-0.1, -0.05) is 18.2 Å². The van der Waals surface area contributed by atoms with E-state index in [2.05, 4.69) is 9.97 Å². The molecule has 0 saturated carbocycles. The first-order valence-electron chi connectivity index (χ1n) is 5.41. The van der Waals surface area contributed by atoms with E-state index in [0.717, 1.165) is 16.2 Å². The number of hydrogen-bond acceptors (Lipinski definition) is 4. The summed E-state index contributed by atoms with van der Waals surface area (Å²) in [5.74, 6) is 0. The van der Waals surface area contributed by atoms with E-state index in [-0.39, 0.29) is 0 Å². The van der Waals surface area contributed by atoms with E-state index in [1.54, 1.807) is 13.1 Å². The minimum absolute atomic E-state index is 0.483. The summed E-state index contributed by atoms with van der Waals surface area (Å²) in [5.41, 5.74) is 1.85. The summed E-state index contributed by atoms with van der Waals surface area (Å²) in [5, 5.41) is 10.4. The van der Waals surface area contributed by atoms with Gasteiger partial charge in [0.15, 0.2) is 5.16 Å². The molecule has 4 heteroatoms. The van der Waals surface area contributed by atoms with Crippen LogP contribution in [-0.2, 0) is 0 Å². The Labute approximate surface area is 105 Å². The van der Waals surface area contributed by atoms with Gasteiger partial charge in [-0.3, -0.25) is 0 Å². The van der Waals surface area contributed by atoms with Crippen LogP contribution in [0.4, 0.5) is 0 Å². The molecule has 0 spiro atoms. The average Bonchev–Trinajstić information content (AvgIpc) is 2.29. The lowest BCUT2D eigenvalue weighted by Crippen LogP contribution is -1.95. The molecule has 3 nitrogen and oxygen atoms in total. The first kappa shape index (κ1) is 12.1. The number of rotatable bonds is 3. The number of nitrogens with zero attached hydrogens (tertiary/aromatic N) is 2. The van der Waals surface area contributed by atoms with Gasteiger partial charge >= 0.3 is 0 Å². The Kier molecular flexibility index (Phi) is 3.76. The molecule has 0 unspecified atom stereocenters. The topological polar surface area (TPSA) is 46.0 Å². The van der Waals surface area contributed by atoms with E-state index in [0.29, 0.717) is 5.16 Å². The molecule has 0 aliphatic rings. The maximum atomic E-state index is 9.68. The van der Waals surface area contributed by atoms with Gasteiger partial charge in [-0.25, -0.2) is 9.97 Å². The number of aliphatic hydroxyl groups excluding tert-OH is 1. The van der Waals surface area contributed by atoms with Crippen molar-refractivity contribution in [1.82, 2.24) is 9.97 Å². The first-order valence-corrected chi connectivity index (χ1v) is 6.23. The molecule has 2 aromatic rings. The Hall–Kier alpha value is -1.39. The molecule has 0 saturated heterocycles. The van der Waals surface area contributed by atoms with Crippen molar-refractivity contribution in [2.24, 2.45) is 0 Å². The van der Waals surface area contributed by atoms with Gasteiger partial charge in [-0.05, 0) is 43.3 Å². The van der Waals surface area contributed by atoms with E-state index in [9.17, 15) is 5.11 Å². The molecule has 0 radical (unpaired) electrons. The summed E-state index contributed by atoms with van der Waals surface area (Å²) in [7, 11) is 0. The fraction of sp³-hybridized carbons (Fsp3) is 0.231. The van der Waals surface area contributed by atoms with Crippen LogP contribution in [0, 0.1) is 6.92 Å². The number of benzene rings is 1. The molecule has 17 heavy (non-hydrogen) atoms. The Bertz CT molecular complexity index is 514. The molecule has 0 aliphatic heterocycles. The fourth-order valence-corrected chi connectivity index (χ4v) is 2.49. The van der Waals surface area contributed by atoms with Gasteiger partial charge in [0.1, 0.15) is 0 Å². The predicted octanol–water partition coefficient (Wildman–Crippen LogP) is 2.99. The van der Waals surface area contributed by atoms with Crippen LogP contribution >= 0.6 is 11.8 Å². The number of aromatic nitrogens is 2. The first-order chi connectivity index (χ1) is 8.16. The molecule has 2 rings (SSSR count). The summed E-state index contributed by atoms with van der Waals surface area (Å²) in [4.78, 5) is 9.54. The van der Waals surface area contributed by atoms with Crippen LogP contribution in [0.1, 0.15) is 24.3 Å². The average molecular weight is 246 g/mol. The van der Waals surface area contributed by atoms with Crippen molar-refractivity contribution in [1.29, 1.82) is 0 Å². The van der Waals surface area contributed by atoms with Gasteiger partial charge in [-0.15, -0.1) is 0 Å². The Morgan fingerprint density at radius 3 is 2.71 bits per heavy atom. The lowest BCUT2D eigenvalue weighted by Gasteiger charge is -2.10. The third kappa shape index (κ3) is 3.05. The highest BCUT2D eigenvalue weighted by atomic mass is 32.2. The molecule has 1 heterocycles. The summed E-state index contributed by atoms with van der Waals surface area (Å²) >= 11 is 1.47. The number of aryl methyl sites for hydroxylation is 1. The van der Waals surface area contributed by atoms with Gasteiger partial charge < -0.3 is 5.11 Å². The van der Waals surface area contributed by atoms with E-state index in [1.165, 1.54) is 11.8 Å². The zero-order valence-electron chi connectivity index (χ0n) is 9.79. The smallest absolute Gasteiger partial charge is 0.192 e. The van der Waals surface area contributed by atoms with Gasteiger partial charge in [-0.2, -0.15) is 0 Å². The molecule has 1 aromatic carbocycles. The number of aliphatic hydroxyl groups is 1. The van der Waals surface area contributed by atoms with Crippen molar-refractivity contribution in [2.75, 3.05) is 0 Å². The largest absolute Gasteiger partial charge is 0.389 e. The zero-order chi connectivity index (χ0) is 12.3. The second-order valence-corrected chi connectivity index (χ2v) is 4.81. The maximum Gasteiger partial charge on any atom is 0.192 e. The van der Waals surface area contributed by atoms with Crippen molar-refractivity contribution in [3.05, 3.63) is 47.8 Å². The SMILES string of the molecule is Cc1ccnc(Sc2ccccc2[C@@H](C)O)n1. The highest BCUT2D eigenvalue weighted by Crippen LogP contribution is 2.30. The van der Waals surface area contributed by atoms with Crippen molar-refractivity contribution >= 4 is 11.8 Å². The standard InChI is InChI=1S/C13H14N2OS/c1-9-7-8-14-13(15-9)17-12-6-4-3-5-11(12)10(2)16/h3-8,10,16H,1-2H3/t10-/m1/s1. The normalized spacial score (nSPS) is 12.4. The molecule has 1 aromatic heterocycles. The minimum Gasteiger partial charge on any atom is -0.389 e. The second kappa shape index (κ2) is 5.29. The van der Waals surface area contributed by atoms with E-state index in [1.807, 2.05) is 37.3 Å². The molecule has 0 bridgehead atoms. The lowest BCUT2D eigenvalue weighted by atomic mass is 10.1. The van der Waals surface area contributed by atoms with Crippen molar-refractivity contribution < 1.29 is 5.11 Å². The van der Waals surface area contributed by atoms with Gasteiger partial charge in [0.05, 0.1) is 6.10 Å². The molecule has 1 atom stereocenters. The molecular formula is C13H14N2OS. The highest BCUT2D eigenvalue weighted by molar-refractivity contribution is 7.99. The van der Waals surface area contributed by atoms with E-state index >= 15 is 0 Å². The minimum atomic E-state index is -0.483. The highest BCUT2D eigenvalue weighted by Gasteiger charge is 2.09. The second-order valence-electron chi connectivity index (χ2n) is 3.80. The van der Waals surface area contributed by atoms with Crippen LogP contribution in [-0.4, -0.2) is 15.1 Å². The molecular weight excluding hydrogens is 232 g/mol. The monoisotopic (exact) mass is 246 g/mol. The van der Waals surface area contributed by atoms with Crippen molar-refractivity contribution in [3.8, 4) is 0 Å². The summed E-state index contributed by atoms with van der Waals surface area (Å²) < 4.78 is 0. The van der Waals surface area contributed by atoms with Gasteiger partial charge in [0.2, 0.25) is 0 Å². The van der Waals surface area contributed by atoms with Crippen LogP contribution in [0.15, 0.2) is 46.6 Å². The Morgan fingerprint density at radius 1 is 1.24 bits per heavy atom. The fourth-order valence-electron chi connectivity index (χ4n) is 1.49. The molecule has 88 valence electrons. The predicted molar refractivity (Wildman–Crippen MR) is 68.0 cm³/mol. The van der Waals surface area contributed by atoms with Gasteiger partial charge in [0.25, 0.3) is 0 Å². The number of hydrogen-bond donors (Lipinski definition) is 1. The van der Waals surface area contributed by atoms with Crippen LogP contribution in [0.25, 0.3) is 0 Å². The quantitative estimate of drug-likeness (QED) is 0.846. The molecule has 0 fully saturated rings. The molecule has 0 amide bonds. The van der Waals surface area contributed by atoms with E-state index < -0.39 is 6.10 Å². The van der Waals surface area contributed by atoms with E-state index in [4.69, 9.17) is 0 Å². The third-order valence-corrected chi connectivity index (χ3v) is 3.31. The zero-order valence-corrected chi connectivity index (χ0v) is 10.6. The van der Waals surface area contributed by atoms with Gasteiger partial charge in [0, 0.05) is 16.8 Å². The third-order valence-electron chi connectivity index (χ3n) is 2.34. The molecule has 0 aliphatic carbocycles. The van der Waals surface area contributed by atoms with Crippen LogP contribution in [0.2, 0.25) is 0 Å². The summed E-state index contributed by atoms with van der Waals surface area (Å²) in [6.45, 7) is 3.70. The Morgan fingerprint density at radius 2 is 2.00 bits per heavy atom. The van der Waals surface area contributed by atoms with Crippen molar-refractivity contribution in [3.63, 3.8) is 0 Å². The van der Waals surface area contributed by atoms with Crippen LogP contribution in [0.5, 0.6) is 0 Å². The van der Waals surface area contributed by atoms with Crippen molar-refractivity contribution in [2.45, 2.75) is 30.0 Å². The molecule has 1 N–H and O–H groups in total. The maximum absolute atomic E-state index is 9.68. The van der Waals surface area contributed by atoms with Crippen LogP contribution in [0.3, 0.4) is 0 Å². The van der Waals surface area contributed by atoms with Crippen LogP contribution < -0.4 is 0 Å².